The van der Waals surface area contributed by atoms with Gasteiger partial charge >= 0.3 is 0 Å². The maximum atomic E-state index is 12.5. The van der Waals surface area contributed by atoms with Gasteiger partial charge < -0.3 is 24.4 Å². The van der Waals surface area contributed by atoms with E-state index in [1.807, 2.05) is 11.8 Å². The molecule has 0 aromatic carbocycles. The van der Waals surface area contributed by atoms with E-state index in [2.05, 4.69) is 5.32 Å². The highest BCUT2D eigenvalue weighted by molar-refractivity contribution is 5.82. The number of likely N-dealkylation sites (tertiary alicyclic amines) is 1. The van der Waals surface area contributed by atoms with E-state index in [0.717, 1.165) is 26.1 Å². The topological polar surface area (TPSA) is 60.0 Å². The SMILES string of the molecule is COCCOCC1CCN(C(=O)[C@H]2NCCO[C@@H]2C)C1. The van der Waals surface area contributed by atoms with Gasteiger partial charge in [0.2, 0.25) is 5.91 Å². The molecule has 0 aromatic heterocycles. The van der Waals surface area contributed by atoms with Crippen LogP contribution in [0.15, 0.2) is 0 Å². The Balaban J connectivity index is 1.72. The lowest BCUT2D eigenvalue weighted by molar-refractivity contribution is -0.138. The molecule has 2 rings (SSSR count). The van der Waals surface area contributed by atoms with Gasteiger partial charge in [-0.05, 0) is 13.3 Å². The van der Waals surface area contributed by atoms with Crippen LogP contribution in [0.4, 0.5) is 0 Å². The minimum Gasteiger partial charge on any atom is -0.382 e. The highest BCUT2D eigenvalue weighted by Gasteiger charge is 2.35. The molecule has 2 aliphatic rings. The Morgan fingerprint density at radius 3 is 3.05 bits per heavy atom. The molecule has 1 amide bonds. The van der Waals surface area contributed by atoms with Crippen LogP contribution < -0.4 is 5.32 Å². The number of methoxy groups -OCH3 is 1. The smallest absolute Gasteiger partial charge is 0.242 e. The van der Waals surface area contributed by atoms with Gasteiger partial charge in [0.15, 0.2) is 0 Å². The normalized spacial score (nSPS) is 30.7. The highest BCUT2D eigenvalue weighted by Crippen LogP contribution is 2.19. The maximum Gasteiger partial charge on any atom is 0.242 e. The van der Waals surface area contributed by atoms with Crippen molar-refractivity contribution in [1.29, 1.82) is 0 Å². The van der Waals surface area contributed by atoms with Crippen molar-refractivity contribution >= 4 is 5.91 Å². The van der Waals surface area contributed by atoms with Gasteiger partial charge in [-0.3, -0.25) is 4.79 Å². The monoisotopic (exact) mass is 286 g/mol. The predicted octanol–water partition coefficient (Wildman–Crippen LogP) is -0.125. The van der Waals surface area contributed by atoms with E-state index < -0.39 is 0 Å². The summed E-state index contributed by atoms with van der Waals surface area (Å²) in [5.74, 6) is 0.604. The molecular weight excluding hydrogens is 260 g/mol. The van der Waals surface area contributed by atoms with Crippen LogP contribution >= 0.6 is 0 Å². The van der Waals surface area contributed by atoms with Gasteiger partial charge in [-0.2, -0.15) is 0 Å². The van der Waals surface area contributed by atoms with Crippen LogP contribution in [0.3, 0.4) is 0 Å². The van der Waals surface area contributed by atoms with Crippen molar-refractivity contribution in [1.82, 2.24) is 10.2 Å². The molecule has 0 aromatic rings. The fraction of sp³-hybridized carbons (Fsp3) is 0.929. The number of ether oxygens (including phenoxy) is 3. The molecule has 0 spiro atoms. The molecule has 2 fully saturated rings. The number of carbonyl (C=O) groups is 1. The number of nitrogens with one attached hydrogen (secondary N) is 1. The molecule has 1 N–H and O–H groups in total. The minimum atomic E-state index is -0.197. The molecule has 0 saturated carbocycles. The van der Waals surface area contributed by atoms with E-state index in [1.54, 1.807) is 7.11 Å². The molecule has 20 heavy (non-hydrogen) atoms. The van der Waals surface area contributed by atoms with Crippen LogP contribution in [-0.4, -0.2) is 76.1 Å². The zero-order valence-corrected chi connectivity index (χ0v) is 12.5. The standard InChI is InChI=1S/C14H26N2O4/c1-11-13(15-4-6-20-11)14(17)16-5-3-12(9-16)10-19-8-7-18-2/h11-13,15H,3-10H2,1-2H3/t11-,12?,13+/m1/s1. The molecule has 0 aliphatic carbocycles. The van der Waals surface area contributed by atoms with Crippen LogP contribution in [-0.2, 0) is 19.0 Å². The molecule has 6 nitrogen and oxygen atoms in total. The second-order valence-corrected chi connectivity index (χ2v) is 5.51. The Morgan fingerprint density at radius 1 is 1.45 bits per heavy atom. The van der Waals surface area contributed by atoms with Crippen molar-refractivity contribution < 1.29 is 19.0 Å². The summed E-state index contributed by atoms with van der Waals surface area (Å²) in [4.78, 5) is 14.4. The zero-order chi connectivity index (χ0) is 14.4. The molecule has 2 heterocycles. The van der Waals surface area contributed by atoms with E-state index in [0.29, 0.717) is 32.3 Å². The third-order valence-corrected chi connectivity index (χ3v) is 3.97. The second kappa shape index (κ2) is 7.93. The number of rotatable bonds is 6. The van der Waals surface area contributed by atoms with Gasteiger partial charge in [0.05, 0.1) is 32.5 Å². The number of carbonyl (C=O) groups excluding carboxylic acids is 1. The van der Waals surface area contributed by atoms with E-state index in [-0.39, 0.29) is 18.1 Å². The Labute approximate surface area is 120 Å². The lowest BCUT2D eigenvalue weighted by Gasteiger charge is -2.32. The fourth-order valence-corrected chi connectivity index (χ4v) is 2.77. The summed E-state index contributed by atoms with van der Waals surface area (Å²) in [6, 6.07) is -0.197. The van der Waals surface area contributed by atoms with Gasteiger partial charge in [-0.15, -0.1) is 0 Å². The number of hydrogen-bond acceptors (Lipinski definition) is 5. The summed E-state index contributed by atoms with van der Waals surface area (Å²) in [6.45, 7) is 6.94. The largest absolute Gasteiger partial charge is 0.382 e. The number of morpholine rings is 1. The van der Waals surface area contributed by atoms with Crippen LogP contribution in [0.25, 0.3) is 0 Å². The molecule has 0 radical (unpaired) electrons. The van der Waals surface area contributed by atoms with Crippen molar-refractivity contribution in [2.24, 2.45) is 5.92 Å². The summed E-state index contributed by atoms with van der Waals surface area (Å²) in [7, 11) is 1.67. The summed E-state index contributed by atoms with van der Waals surface area (Å²) in [5.41, 5.74) is 0. The zero-order valence-electron chi connectivity index (χ0n) is 12.5. The quantitative estimate of drug-likeness (QED) is 0.690. The van der Waals surface area contributed by atoms with Gasteiger partial charge in [-0.25, -0.2) is 0 Å². The third-order valence-electron chi connectivity index (χ3n) is 3.97. The van der Waals surface area contributed by atoms with Gasteiger partial charge in [0.1, 0.15) is 6.04 Å². The fourth-order valence-electron chi connectivity index (χ4n) is 2.77. The molecule has 116 valence electrons. The van der Waals surface area contributed by atoms with Crippen molar-refractivity contribution in [2.75, 3.05) is 53.2 Å². The molecule has 3 atom stereocenters. The van der Waals surface area contributed by atoms with Crippen LogP contribution in [0.1, 0.15) is 13.3 Å². The minimum absolute atomic E-state index is 0.0479. The second-order valence-electron chi connectivity index (χ2n) is 5.51. The molecule has 1 unspecified atom stereocenters. The van der Waals surface area contributed by atoms with E-state index in [9.17, 15) is 4.79 Å². The lowest BCUT2D eigenvalue weighted by atomic mass is 10.1. The Hall–Kier alpha value is -0.690. The summed E-state index contributed by atoms with van der Waals surface area (Å²) in [6.07, 6.45) is 0.967. The van der Waals surface area contributed by atoms with Gasteiger partial charge in [-0.1, -0.05) is 0 Å². The van der Waals surface area contributed by atoms with Crippen molar-refractivity contribution in [2.45, 2.75) is 25.5 Å². The molecule has 6 heteroatoms. The summed E-state index contributed by atoms with van der Waals surface area (Å²) in [5, 5.41) is 3.26. The van der Waals surface area contributed by atoms with E-state index in [4.69, 9.17) is 14.2 Å². The molecule has 0 bridgehead atoms. The van der Waals surface area contributed by atoms with Crippen molar-refractivity contribution in [3.63, 3.8) is 0 Å². The van der Waals surface area contributed by atoms with Crippen molar-refractivity contribution in [3.05, 3.63) is 0 Å². The highest BCUT2D eigenvalue weighted by atomic mass is 16.5. The maximum absolute atomic E-state index is 12.5. The lowest BCUT2D eigenvalue weighted by Crippen LogP contribution is -2.56. The van der Waals surface area contributed by atoms with E-state index in [1.165, 1.54) is 0 Å². The predicted molar refractivity (Wildman–Crippen MR) is 74.6 cm³/mol. The van der Waals surface area contributed by atoms with Crippen LogP contribution in [0.2, 0.25) is 0 Å². The molecule has 2 saturated heterocycles. The Morgan fingerprint density at radius 2 is 2.30 bits per heavy atom. The van der Waals surface area contributed by atoms with Crippen molar-refractivity contribution in [3.8, 4) is 0 Å². The first-order valence-electron chi connectivity index (χ1n) is 7.43. The first-order valence-corrected chi connectivity index (χ1v) is 7.43. The first kappa shape index (κ1) is 15.7. The third kappa shape index (κ3) is 4.15. The summed E-state index contributed by atoms with van der Waals surface area (Å²) < 4.78 is 16.0. The van der Waals surface area contributed by atoms with E-state index >= 15 is 0 Å². The molecule has 2 aliphatic heterocycles. The number of amides is 1. The summed E-state index contributed by atoms with van der Waals surface area (Å²) >= 11 is 0. The average molecular weight is 286 g/mol. The van der Waals surface area contributed by atoms with Crippen LogP contribution in [0.5, 0.6) is 0 Å². The molecular formula is C14H26N2O4. The van der Waals surface area contributed by atoms with Gasteiger partial charge in [0, 0.05) is 32.7 Å². The number of hydrogen-bond donors (Lipinski definition) is 1. The van der Waals surface area contributed by atoms with Gasteiger partial charge in [0.25, 0.3) is 0 Å². The Kier molecular flexibility index (Phi) is 6.22. The number of nitrogens with zero attached hydrogens (tertiary/aromatic N) is 1. The van der Waals surface area contributed by atoms with Crippen LogP contribution in [0, 0.1) is 5.92 Å². The first-order chi connectivity index (χ1) is 9.72. The Bertz CT molecular complexity index is 314. The average Bonchev–Trinajstić information content (AvgIpc) is 2.92.